The van der Waals surface area contributed by atoms with E-state index in [1.165, 1.54) is 24.3 Å². The third-order valence-corrected chi connectivity index (χ3v) is 2.80. The number of rotatable bonds is 3. The SMILES string of the molecule is O=C(O)c1ccccc1C=Nc1ccc(F)cc1C(F)(F)F. The number of hydrogen-bond acceptors (Lipinski definition) is 2. The molecule has 2 aromatic rings. The van der Waals surface area contributed by atoms with Gasteiger partial charge in [0.2, 0.25) is 0 Å². The van der Waals surface area contributed by atoms with Gasteiger partial charge in [-0.2, -0.15) is 13.2 Å². The molecule has 0 saturated heterocycles. The number of nitrogens with zero attached hydrogens (tertiary/aromatic N) is 1. The van der Waals surface area contributed by atoms with Gasteiger partial charge < -0.3 is 5.11 Å². The van der Waals surface area contributed by atoms with E-state index in [4.69, 9.17) is 5.11 Å². The standard InChI is InChI=1S/C15H9F4NO2/c16-10-5-6-13(12(7-10)15(17,18)19)20-8-9-3-1-2-4-11(9)14(21)22/h1-8H,(H,21,22). The van der Waals surface area contributed by atoms with Crippen LogP contribution < -0.4 is 0 Å². The van der Waals surface area contributed by atoms with E-state index in [9.17, 15) is 22.4 Å². The Labute approximate surface area is 122 Å². The van der Waals surface area contributed by atoms with E-state index in [1.54, 1.807) is 0 Å². The van der Waals surface area contributed by atoms with E-state index < -0.39 is 29.2 Å². The summed E-state index contributed by atoms with van der Waals surface area (Å²) in [6.45, 7) is 0. The van der Waals surface area contributed by atoms with Gasteiger partial charge >= 0.3 is 12.1 Å². The van der Waals surface area contributed by atoms with Gasteiger partial charge in [-0.15, -0.1) is 0 Å². The molecule has 0 aliphatic heterocycles. The fraction of sp³-hybridized carbons (Fsp3) is 0.0667. The van der Waals surface area contributed by atoms with Crippen molar-refractivity contribution in [3.05, 3.63) is 65.0 Å². The van der Waals surface area contributed by atoms with E-state index in [-0.39, 0.29) is 11.1 Å². The van der Waals surface area contributed by atoms with Crippen LogP contribution in [0.1, 0.15) is 21.5 Å². The number of alkyl halides is 3. The zero-order valence-electron chi connectivity index (χ0n) is 10.9. The third kappa shape index (κ3) is 3.49. The topological polar surface area (TPSA) is 49.7 Å². The Hall–Kier alpha value is -2.70. The maximum absolute atomic E-state index is 13.0. The second kappa shape index (κ2) is 5.97. The Kier molecular flexibility index (Phi) is 4.25. The molecule has 2 rings (SSSR count). The summed E-state index contributed by atoms with van der Waals surface area (Å²) in [5, 5.41) is 8.99. The Bertz CT molecular complexity index is 739. The molecule has 22 heavy (non-hydrogen) atoms. The molecule has 0 atom stereocenters. The van der Waals surface area contributed by atoms with Gasteiger partial charge in [-0.25, -0.2) is 9.18 Å². The quantitative estimate of drug-likeness (QED) is 0.679. The summed E-state index contributed by atoms with van der Waals surface area (Å²) in [5.41, 5.74) is -1.67. The number of carboxylic acids is 1. The highest BCUT2D eigenvalue weighted by Gasteiger charge is 2.33. The number of carboxylic acid groups (broad SMARTS) is 1. The summed E-state index contributed by atoms with van der Waals surface area (Å²) < 4.78 is 51.5. The molecule has 0 aliphatic rings. The Morgan fingerprint density at radius 3 is 2.45 bits per heavy atom. The lowest BCUT2D eigenvalue weighted by atomic mass is 10.1. The van der Waals surface area contributed by atoms with Crippen LogP contribution in [0.2, 0.25) is 0 Å². The summed E-state index contributed by atoms with van der Waals surface area (Å²) in [6.07, 6.45) is -3.76. The van der Waals surface area contributed by atoms with E-state index in [1.807, 2.05) is 0 Å². The molecule has 1 N–H and O–H groups in total. The van der Waals surface area contributed by atoms with Crippen molar-refractivity contribution in [1.29, 1.82) is 0 Å². The third-order valence-electron chi connectivity index (χ3n) is 2.80. The fourth-order valence-electron chi connectivity index (χ4n) is 1.79. The van der Waals surface area contributed by atoms with Crippen LogP contribution in [0.3, 0.4) is 0 Å². The molecule has 0 aliphatic carbocycles. The lowest BCUT2D eigenvalue weighted by molar-refractivity contribution is -0.137. The first-order chi connectivity index (χ1) is 10.3. The van der Waals surface area contributed by atoms with Crippen LogP contribution in [0.15, 0.2) is 47.5 Å². The van der Waals surface area contributed by atoms with Crippen molar-refractivity contribution in [3.8, 4) is 0 Å². The number of benzene rings is 2. The van der Waals surface area contributed by atoms with Crippen molar-refractivity contribution in [3.63, 3.8) is 0 Å². The Morgan fingerprint density at radius 1 is 1.14 bits per heavy atom. The van der Waals surface area contributed by atoms with E-state index >= 15 is 0 Å². The van der Waals surface area contributed by atoms with Gasteiger partial charge in [0.25, 0.3) is 0 Å². The van der Waals surface area contributed by atoms with Gasteiger partial charge in [-0.1, -0.05) is 18.2 Å². The van der Waals surface area contributed by atoms with Crippen molar-refractivity contribution in [1.82, 2.24) is 0 Å². The van der Waals surface area contributed by atoms with Crippen molar-refractivity contribution in [2.45, 2.75) is 6.18 Å². The van der Waals surface area contributed by atoms with Gasteiger partial charge in [0.1, 0.15) is 5.82 Å². The van der Waals surface area contributed by atoms with E-state index in [0.29, 0.717) is 6.07 Å². The molecule has 0 bridgehead atoms. The fourth-order valence-corrected chi connectivity index (χ4v) is 1.79. The molecule has 0 fully saturated rings. The van der Waals surface area contributed by atoms with Crippen molar-refractivity contribution < 1.29 is 27.5 Å². The molecule has 114 valence electrons. The number of aromatic carboxylic acids is 1. The maximum Gasteiger partial charge on any atom is 0.418 e. The molecule has 0 saturated carbocycles. The average Bonchev–Trinajstić information content (AvgIpc) is 2.45. The minimum absolute atomic E-state index is 0.0954. The largest absolute Gasteiger partial charge is 0.478 e. The summed E-state index contributed by atoms with van der Waals surface area (Å²) in [7, 11) is 0. The summed E-state index contributed by atoms with van der Waals surface area (Å²) in [6, 6.07) is 7.81. The molecule has 0 spiro atoms. The Morgan fingerprint density at radius 2 is 1.82 bits per heavy atom. The van der Waals surface area contributed by atoms with Crippen LogP contribution in [0.25, 0.3) is 0 Å². The highest BCUT2D eigenvalue weighted by Crippen LogP contribution is 2.36. The van der Waals surface area contributed by atoms with Crippen LogP contribution in [0.4, 0.5) is 23.2 Å². The highest BCUT2D eigenvalue weighted by atomic mass is 19.4. The first kappa shape index (κ1) is 15.7. The average molecular weight is 311 g/mol. The smallest absolute Gasteiger partial charge is 0.418 e. The zero-order chi connectivity index (χ0) is 16.3. The van der Waals surface area contributed by atoms with E-state index in [0.717, 1.165) is 18.3 Å². The van der Waals surface area contributed by atoms with Gasteiger partial charge in [-0.05, 0) is 24.3 Å². The van der Waals surface area contributed by atoms with Gasteiger partial charge in [0.05, 0.1) is 16.8 Å². The van der Waals surface area contributed by atoms with Crippen LogP contribution in [0, 0.1) is 5.82 Å². The number of aliphatic imine (C=N–C) groups is 1. The molecule has 2 aromatic carbocycles. The summed E-state index contributed by atoms with van der Waals surface area (Å²) in [4.78, 5) is 14.7. The van der Waals surface area contributed by atoms with E-state index in [2.05, 4.69) is 4.99 Å². The van der Waals surface area contributed by atoms with Crippen molar-refractivity contribution in [2.75, 3.05) is 0 Å². The van der Waals surface area contributed by atoms with Crippen LogP contribution in [0.5, 0.6) is 0 Å². The molecule has 0 unspecified atom stereocenters. The normalized spacial score (nSPS) is 11.8. The number of hydrogen-bond donors (Lipinski definition) is 1. The van der Waals surface area contributed by atoms with Gasteiger partial charge in [0.15, 0.2) is 0 Å². The van der Waals surface area contributed by atoms with Gasteiger partial charge in [-0.3, -0.25) is 4.99 Å². The second-order valence-corrected chi connectivity index (χ2v) is 4.31. The maximum atomic E-state index is 13.0. The molecular weight excluding hydrogens is 302 g/mol. The lowest BCUT2D eigenvalue weighted by Gasteiger charge is -2.09. The first-order valence-corrected chi connectivity index (χ1v) is 6.02. The van der Waals surface area contributed by atoms with Crippen molar-refractivity contribution in [2.24, 2.45) is 4.99 Å². The van der Waals surface area contributed by atoms with Crippen molar-refractivity contribution >= 4 is 17.9 Å². The summed E-state index contributed by atoms with van der Waals surface area (Å²) in [5.74, 6) is -2.26. The zero-order valence-corrected chi connectivity index (χ0v) is 10.9. The highest BCUT2D eigenvalue weighted by molar-refractivity contribution is 5.99. The lowest BCUT2D eigenvalue weighted by Crippen LogP contribution is -2.06. The molecule has 7 heteroatoms. The summed E-state index contributed by atoms with van der Waals surface area (Å²) >= 11 is 0. The molecular formula is C15H9F4NO2. The predicted molar refractivity (Wildman–Crippen MR) is 72.1 cm³/mol. The Balaban J connectivity index is 2.46. The van der Waals surface area contributed by atoms with Crippen LogP contribution >= 0.6 is 0 Å². The minimum atomic E-state index is -4.76. The molecule has 0 heterocycles. The number of halogens is 4. The molecule has 3 nitrogen and oxygen atoms in total. The van der Waals surface area contributed by atoms with Gasteiger partial charge in [0, 0.05) is 11.8 Å². The minimum Gasteiger partial charge on any atom is -0.478 e. The van der Waals surface area contributed by atoms with Crippen LogP contribution in [-0.4, -0.2) is 17.3 Å². The predicted octanol–water partition coefficient (Wildman–Crippen LogP) is 4.29. The second-order valence-electron chi connectivity index (χ2n) is 4.31. The van der Waals surface area contributed by atoms with Crippen LogP contribution in [-0.2, 0) is 6.18 Å². The molecule has 0 aromatic heterocycles. The monoisotopic (exact) mass is 311 g/mol. The number of carbonyl (C=O) groups is 1. The molecule has 0 amide bonds. The molecule has 0 radical (unpaired) electrons. The first-order valence-electron chi connectivity index (χ1n) is 6.02.